The van der Waals surface area contributed by atoms with Crippen molar-refractivity contribution in [1.29, 1.82) is 0 Å². The van der Waals surface area contributed by atoms with Gasteiger partial charge < -0.3 is 11.3 Å². The van der Waals surface area contributed by atoms with E-state index in [-0.39, 0.29) is 60.5 Å². The van der Waals surface area contributed by atoms with Crippen LogP contribution in [0.25, 0.3) is 0 Å². The molecular formula is C9H9BrNa2O2. The fourth-order valence-electron chi connectivity index (χ4n) is 1.13. The monoisotopic (exact) mass is 274 g/mol. The Kier molecular flexibility index (Phi) is 10.5. The Morgan fingerprint density at radius 1 is 1.50 bits per heavy atom. The first-order valence-corrected chi connectivity index (χ1v) is 4.64. The molecule has 0 fully saturated rings. The number of carboxylic acid groups (broad SMARTS) is 1. The third-order valence-electron chi connectivity index (χ3n) is 1.71. The minimum absolute atomic E-state index is 0. The van der Waals surface area contributed by atoms with Crippen LogP contribution in [0.1, 0.15) is 22.9 Å². The molecule has 1 rings (SSSR count). The van der Waals surface area contributed by atoms with Crippen LogP contribution in [-0.2, 0) is 5.33 Å². The third kappa shape index (κ3) is 4.35. The second-order valence-corrected chi connectivity index (χ2v) is 3.09. The summed E-state index contributed by atoms with van der Waals surface area (Å²) in [5.74, 6) is -1.11. The van der Waals surface area contributed by atoms with E-state index in [0.717, 1.165) is 11.1 Å². The van der Waals surface area contributed by atoms with Crippen molar-refractivity contribution in [1.82, 2.24) is 0 Å². The topological polar surface area (TPSA) is 40.1 Å². The summed E-state index contributed by atoms with van der Waals surface area (Å²) >= 11 is 3.22. The van der Waals surface area contributed by atoms with Gasteiger partial charge in [-0.15, -0.1) is 0 Å². The maximum Gasteiger partial charge on any atom is 1.00 e. The van der Waals surface area contributed by atoms with Crippen LogP contribution >= 0.6 is 15.9 Å². The van der Waals surface area contributed by atoms with E-state index >= 15 is 0 Å². The van der Waals surface area contributed by atoms with Crippen molar-refractivity contribution in [2.75, 3.05) is 0 Å². The molecular weight excluding hydrogens is 266 g/mol. The van der Waals surface area contributed by atoms with E-state index in [1.807, 2.05) is 6.07 Å². The molecule has 5 heteroatoms. The molecule has 0 atom stereocenters. The van der Waals surface area contributed by atoms with E-state index in [1.165, 1.54) is 0 Å². The zero-order chi connectivity index (χ0) is 9.14. The van der Waals surface area contributed by atoms with Gasteiger partial charge in [-0.2, -0.15) is 0 Å². The molecule has 1 aromatic rings. The van der Waals surface area contributed by atoms with Gasteiger partial charge in [0.1, 0.15) is 0 Å². The summed E-state index contributed by atoms with van der Waals surface area (Å²) in [6.45, 7) is 1.76. The van der Waals surface area contributed by atoms with E-state index < -0.39 is 5.97 Å². The van der Waals surface area contributed by atoms with E-state index in [9.17, 15) is 9.90 Å². The van der Waals surface area contributed by atoms with Crippen LogP contribution in [-0.4, -0.2) is 5.97 Å². The quantitative estimate of drug-likeness (QED) is 0.402. The Balaban J connectivity index is -0.000000480. The van der Waals surface area contributed by atoms with Crippen LogP contribution in [0, 0.1) is 6.92 Å². The number of halogens is 1. The van der Waals surface area contributed by atoms with Gasteiger partial charge in [-0.1, -0.05) is 34.1 Å². The number of rotatable bonds is 2. The van der Waals surface area contributed by atoms with Gasteiger partial charge in [0.25, 0.3) is 0 Å². The molecule has 0 spiro atoms. The molecule has 0 unspecified atom stereocenters. The zero-order valence-corrected chi connectivity index (χ0v) is 14.2. The molecule has 0 radical (unpaired) electrons. The third-order valence-corrected chi connectivity index (χ3v) is 2.31. The SMILES string of the molecule is Cc1cccc(CBr)c1C(=O)[O-].[H-].[Na+].[Na+]. The van der Waals surface area contributed by atoms with Gasteiger partial charge >= 0.3 is 59.1 Å². The Morgan fingerprint density at radius 3 is 2.43 bits per heavy atom. The van der Waals surface area contributed by atoms with Crippen molar-refractivity contribution in [3.05, 3.63) is 34.9 Å². The summed E-state index contributed by atoms with van der Waals surface area (Å²) in [5.41, 5.74) is 1.80. The van der Waals surface area contributed by atoms with Crippen LogP contribution in [0.2, 0.25) is 0 Å². The number of benzene rings is 1. The van der Waals surface area contributed by atoms with Gasteiger partial charge in [-0.3, -0.25) is 0 Å². The van der Waals surface area contributed by atoms with Crippen molar-refractivity contribution in [3.63, 3.8) is 0 Å². The molecule has 0 aromatic heterocycles. The number of hydrogen-bond donors (Lipinski definition) is 0. The summed E-state index contributed by atoms with van der Waals surface area (Å²) < 4.78 is 0. The van der Waals surface area contributed by atoms with Crippen molar-refractivity contribution in [2.24, 2.45) is 0 Å². The van der Waals surface area contributed by atoms with E-state index in [2.05, 4.69) is 15.9 Å². The molecule has 0 bridgehead atoms. The van der Waals surface area contributed by atoms with Gasteiger partial charge in [0.2, 0.25) is 0 Å². The standard InChI is InChI=1S/C9H9BrO2.2Na.H/c1-6-3-2-4-7(5-10)8(6)9(11)12;;;/h2-4H,5H2,1H3,(H,11,12);;;/q;2*+1;-1/p-1. The number of alkyl halides is 1. The molecule has 0 saturated heterocycles. The van der Waals surface area contributed by atoms with Crippen LogP contribution in [0.4, 0.5) is 0 Å². The Hall–Kier alpha value is 1.17. The van der Waals surface area contributed by atoms with E-state index in [1.54, 1.807) is 19.1 Å². The van der Waals surface area contributed by atoms with Gasteiger partial charge in [0, 0.05) is 10.9 Å². The average Bonchev–Trinajstić information content (AvgIpc) is 2.03. The van der Waals surface area contributed by atoms with Crippen molar-refractivity contribution in [2.45, 2.75) is 12.3 Å². The number of carbonyl (C=O) groups excluding carboxylic acids is 1. The summed E-state index contributed by atoms with van der Waals surface area (Å²) in [6, 6.07) is 5.36. The largest absolute Gasteiger partial charge is 1.00 e. The first-order valence-electron chi connectivity index (χ1n) is 3.52. The smallest absolute Gasteiger partial charge is 1.00 e. The number of carbonyl (C=O) groups is 1. The number of hydrogen-bond acceptors (Lipinski definition) is 2. The summed E-state index contributed by atoms with van der Waals surface area (Å²) in [5, 5.41) is 11.2. The first-order chi connectivity index (χ1) is 5.66. The molecule has 0 N–H and O–H groups in total. The van der Waals surface area contributed by atoms with E-state index in [4.69, 9.17) is 0 Å². The van der Waals surface area contributed by atoms with Gasteiger partial charge in [-0.05, 0) is 18.1 Å². The predicted octanol–water partition coefficient (Wildman–Crippen LogP) is -4.63. The summed E-state index contributed by atoms with van der Waals surface area (Å²) in [7, 11) is 0. The predicted molar refractivity (Wildman–Crippen MR) is 49.3 cm³/mol. The molecule has 14 heavy (non-hydrogen) atoms. The van der Waals surface area contributed by atoms with Crippen molar-refractivity contribution in [3.8, 4) is 0 Å². The normalized spacial score (nSPS) is 8.43. The molecule has 66 valence electrons. The van der Waals surface area contributed by atoms with Crippen LogP contribution in [0.3, 0.4) is 0 Å². The number of aryl methyl sites for hydroxylation is 1. The van der Waals surface area contributed by atoms with Crippen molar-refractivity contribution >= 4 is 21.9 Å². The average molecular weight is 275 g/mol. The molecule has 2 nitrogen and oxygen atoms in total. The second kappa shape index (κ2) is 8.34. The fourth-order valence-corrected chi connectivity index (χ4v) is 1.60. The Labute approximate surface area is 138 Å². The zero-order valence-electron chi connectivity index (χ0n) is 9.63. The molecule has 0 amide bonds. The maximum absolute atomic E-state index is 10.7. The van der Waals surface area contributed by atoms with Crippen LogP contribution < -0.4 is 64.2 Å². The Bertz CT molecular complexity index is 321. The molecule has 0 aliphatic rings. The second-order valence-electron chi connectivity index (χ2n) is 2.53. The van der Waals surface area contributed by atoms with Gasteiger partial charge in [0.15, 0.2) is 0 Å². The summed E-state index contributed by atoms with van der Waals surface area (Å²) in [6.07, 6.45) is 0. The molecule has 1 aromatic carbocycles. The van der Waals surface area contributed by atoms with Gasteiger partial charge in [-0.25, -0.2) is 0 Å². The molecule has 0 saturated carbocycles. The number of aromatic carboxylic acids is 1. The van der Waals surface area contributed by atoms with Crippen LogP contribution in [0.15, 0.2) is 18.2 Å². The Morgan fingerprint density at radius 2 is 2.07 bits per heavy atom. The first kappa shape index (κ1) is 17.6. The number of carboxylic acids is 1. The van der Waals surface area contributed by atoms with Crippen LogP contribution in [0.5, 0.6) is 0 Å². The minimum atomic E-state index is -1.11. The molecule has 0 heterocycles. The van der Waals surface area contributed by atoms with E-state index in [0.29, 0.717) is 10.9 Å². The molecule has 0 aliphatic carbocycles. The summed E-state index contributed by atoms with van der Waals surface area (Å²) in [4.78, 5) is 10.7. The van der Waals surface area contributed by atoms with Crippen molar-refractivity contribution < 1.29 is 70.4 Å². The maximum atomic E-state index is 10.7. The fraction of sp³-hybridized carbons (Fsp3) is 0.222. The van der Waals surface area contributed by atoms with Gasteiger partial charge in [0.05, 0.1) is 5.97 Å². The molecule has 0 aliphatic heterocycles. The minimum Gasteiger partial charge on any atom is -1.00 e.